The zero-order chi connectivity index (χ0) is 21.8. The third kappa shape index (κ3) is 4.01. The normalized spacial score (nSPS) is 16.5. The van der Waals surface area contributed by atoms with Crippen molar-refractivity contribution < 1.29 is 28.5 Å². The van der Waals surface area contributed by atoms with E-state index >= 15 is 0 Å². The van der Waals surface area contributed by atoms with Crippen LogP contribution in [0.2, 0.25) is 0 Å². The third-order valence-corrected chi connectivity index (χ3v) is 4.03. The Bertz CT molecular complexity index is 1080. The number of nitro benzene ring substituents is 1. The number of carbonyl (C=O) groups excluding carboxylic acids is 4. The van der Waals surface area contributed by atoms with Crippen molar-refractivity contribution in [2.45, 2.75) is 0 Å². The molecule has 1 aliphatic heterocycles. The van der Waals surface area contributed by atoms with Crippen LogP contribution in [0.4, 0.5) is 20.6 Å². The molecule has 30 heavy (non-hydrogen) atoms. The number of non-ortho nitro benzene ring substituents is 1. The van der Waals surface area contributed by atoms with E-state index in [1.165, 1.54) is 30.3 Å². The van der Waals surface area contributed by atoms with Crippen molar-refractivity contribution in [3.63, 3.8) is 0 Å². The van der Waals surface area contributed by atoms with E-state index in [2.05, 4.69) is 10.5 Å². The smallest absolute Gasteiger partial charge is 0.276 e. The molecule has 5 amide bonds. The number of hydrazone groups is 1. The highest BCUT2D eigenvalue weighted by Crippen LogP contribution is 2.23. The number of nitrogens with zero attached hydrogens (tertiary/aromatic N) is 3. The van der Waals surface area contributed by atoms with Crippen LogP contribution in [-0.2, 0) is 9.59 Å². The first-order valence-electron chi connectivity index (χ1n) is 8.31. The second-order valence-corrected chi connectivity index (χ2v) is 5.92. The summed E-state index contributed by atoms with van der Waals surface area (Å²) < 4.78 is 14.0. The molecule has 0 aliphatic carbocycles. The number of nitro groups is 1. The standard InChI is InChI=1S/C18H12FN5O6/c19-13-3-1-2-4-14(13)23-17(27)12(16(26)21-18(23)28)9-20-22-15(25)10-5-7-11(8-6-10)24(29)30/h1-9,12H,(H,22,25)(H,21,26,28)/b20-9-/t12-/m1/s1. The maximum absolute atomic E-state index is 14.0. The molecule has 3 rings (SSSR count). The summed E-state index contributed by atoms with van der Waals surface area (Å²) in [7, 11) is 0. The summed E-state index contributed by atoms with van der Waals surface area (Å²) in [5.41, 5.74) is 1.55. The van der Waals surface area contributed by atoms with Gasteiger partial charge in [-0.1, -0.05) is 12.1 Å². The van der Waals surface area contributed by atoms with Crippen LogP contribution in [0.3, 0.4) is 0 Å². The van der Waals surface area contributed by atoms with Gasteiger partial charge in [0.15, 0.2) is 5.92 Å². The number of halogens is 1. The molecule has 0 bridgehead atoms. The molecule has 1 atom stereocenters. The minimum Gasteiger partial charge on any atom is -0.276 e. The molecule has 0 saturated carbocycles. The Morgan fingerprint density at radius 1 is 1.17 bits per heavy atom. The first kappa shape index (κ1) is 20.3. The van der Waals surface area contributed by atoms with Gasteiger partial charge in [-0.3, -0.25) is 29.8 Å². The maximum atomic E-state index is 14.0. The van der Waals surface area contributed by atoms with Gasteiger partial charge in [-0.05, 0) is 24.3 Å². The summed E-state index contributed by atoms with van der Waals surface area (Å²) in [4.78, 5) is 59.0. The number of imide groups is 2. The van der Waals surface area contributed by atoms with Gasteiger partial charge in [-0.15, -0.1) is 0 Å². The fourth-order valence-electron chi connectivity index (χ4n) is 2.55. The topological polar surface area (TPSA) is 151 Å². The van der Waals surface area contributed by atoms with Crippen molar-refractivity contribution >= 4 is 41.3 Å². The minimum atomic E-state index is -1.60. The Kier molecular flexibility index (Phi) is 5.58. The number of hydrogen-bond donors (Lipinski definition) is 2. The van der Waals surface area contributed by atoms with Crippen molar-refractivity contribution in [3.05, 3.63) is 70.0 Å². The predicted molar refractivity (Wildman–Crippen MR) is 100.0 cm³/mol. The summed E-state index contributed by atoms with van der Waals surface area (Å²) in [5, 5.41) is 16.1. The van der Waals surface area contributed by atoms with Gasteiger partial charge in [-0.2, -0.15) is 5.10 Å². The first-order chi connectivity index (χ1) is 14.3. The van der Waals surface area contributed by atoms with Crippen LogP contribution in [0.15, 0.2) is 53.6 Å². The second kappa shape index (κ2) is 8.26. The maximum Gasteiger partial charge on any atom is 0.335 e. The highest BCUT2D eigenvalue weighted by Gasteiger charge is 2.41. The Hall–Kier alpha value is -4.48. The van der Waals surface area contributed by atoms with E-state index in [1.807, 2.05) is 5.32 Å². The highest BCUT2D eigenvalue weighted by molar-refractivity contribution is 6.32. The zero-order valence-corrected chi connectivity index (χ0v) is 14.9. The van der Waals surface area contributed by atoms with Crippen LogP contribution in [0.25, 0.3) is 0 Å². The van der Waals surface area contributed by atoms with Crippen molar-refractivity contribution in [1.29, 1.82) is 0 Å². The summed E-state index contributed by atoms with van der Waals surface area (Å²) in [6.07, 6.45) is 0.793. The molecule has 1 heterocycles. The van der Waals surface area contributed by atoms with Crippen LogP contribution < -0.4 is 15.6 Å². The van der Waals surface area contributed by atoms with Gasteiger partial charge in [0.25, 0.3) is 17.5 Å². The lowest BCUT2D eigenvalue weighted by Gasteiger charge is -2.28. The number of carbonyl (C=O) groups is 4. The lowest BCUT2D eigenvalue weighted by molar-refractivity contribution is -0.384. The highest BCUT2D eigenvalue weighted by atomic mass is 19.1. The molecule has 0 aromatic heterocycles. The number of para-hydroxylation sites is 1. The van der Waals surface area contributed by atoms with Gasteiger partial charge in [0.2, 0.25) is 5.91 Å². The largest absolute Gasteiger partial charge is 0.335 e. The van der Waals surface area contributed by atoms with Gasteiger partial charge in [-0.25, -0.2) is 19.5 Å². The van der Waals surface area contributed by atoms with Crippen molar-refractivity contribution in [3.8, 4) is 0 Å². The van der Waals surface area contributed by atoms with Crippen LogP contribution in [0.1, 0.15) is 10.4 Å². The van der Waals surface area contributed by atoms with Gasteiger partial charge in [0.1, 0.15) is 5.82 Å². The van der Waals surface area contributed by atoms with E-state index in [1.54, 1.807) is 0 Å². The molecule has 0 radical (unpaired) electrons. The van der Waals surface area contributed by atoms with E-state index in [4.69, 9.17) is 0 Å². The van der Waals surface area contributed by atoms with E-state index in [0.717, 1.165) is 24.4 Å². The Labute approximate surface area is 167 Å². The van der Waals surface area contributed by atoms with Gasteiger partial charge in [0, 0.05) is 23.9 Å². The Morgan fingerprint density at radius 3 is 2.47 bits per heavy atom. The molecule has 2 aromatic rings. The number of amides is 5. The molecule has 1 fully saturated rings. The van der Waals surface area contributed by atoms with E-state index in [0.29, 0.717) is 4.90 Å². The summed E-state index contributed by atoms with van der Waals surface area (Å²) >= 11 is 0. The Morgan fingerprint density at radius 2 is 1.83 bits per heavy atom. The summed E-state index contributed by atoms with van der Waals surface area (Å²) in [5.74, 6) is -5.25. The molecule has 2 N–H and O–H groups in total. The molecular weight excluding hydrogens is 401 g/mol. The molecule has 0 spiro atoms. The van der Waals surface area contributed by atoms with E-state index in [9.17, 15) is 33.7 Å². The molecular formula is C18H12FN5O6. The molecule has 12 heteroatoms. The van der Waals surface area contributed by atoms with Gasteiger partial charge >= 0.3 is 6.03 Å². The molecule has 2 aromatic carbocycles. The van der Waals surface area contributed by atoms with Crippen LogP contribution >= 0.6 is 0 Å². The quantitative estimate of drug-likeness (QED) is 0.327. The van der Waals surface area contributed by atoms with Crippen molar-refractivity contribution in [2.24, 2.45) is 11.0 Å². The number of anilines is 1. The fraction of sp³-hybridized carbons (Fsp3) is 0.0556. The molecule has 11 nitrogen and oxygen atoms in total. The number of rotatable bonds is 5. The lowest BCUT2D eigenvalue weighted by atomic mass is 10.1. The third-order valence-electron chi connectivity index (χ3n) is 4.03. The zero-order valence-electron chi connectivity index (χ0n) is 14.9. The molecule has 1 aliphatic rings. The molecule has 0 unspecified atom stereocenters. The minimum absolute atomic E-state index is 0.0420. The average Bonchev–Trinajstić information content (AvgIpc) is 2.71. The fourth-order valence-corrected chi connectivity index (χ4v) is 2.55. The lowest BCUT2D eigenvalue weighted by Crippen LogP contribution is -2.59. The van der Waals surface area contributed by atoms with Crippen LogP contribution in [0.5, 0.6) is 0 Å². The van der Waals surface area contributed by atoms with Crippen molar-refractivity contribution in [1.82, 2.24) is 10.7 Å². The number of barbiturate groups is 1. The van der Waals surface area contributed by atoms with E-state index < -0.39 is 40.4 Å². The summed E-state index contributed by atoms with van der Waals surface area (Å²) in [6, 6.07) is 8.51. The molecule has 152 valence electrons. The van der Waals surface area contributed by atoms with Crippen LogP contribution in [0, 0.1) is 21.8 Å². The number of hydrogen-bond acceptors (Lipinski definition) is 7. The number of nitrogens with one attached hydrogen (secondary N) is 2. The first-order valence-corrected chi connectivity index (χ1v) is 8.31. The summed E-state index contributed by atoms with van der Waals surface area (Å²) in [6.45, 7) is 0. The van der Waals surface area contributed by atoms with E-state index in [-0.39, 0.29) is 16.9 Å². The second-order valence-electron chi connectivity index (χ2n) is 5.92. The SMILES string of the molecule is O=C(N/N=C\[C@@H]1C(=O)NC(=O)N(c2ccccc2F)C1=O)c1ccc([N+](=O)[O-])cc1. The predicted octanol–water partition coefficient (Wildman–Crippen LogP) is 1.35. The van der Waals surface area contributed by atoms with Crippen molar-refractivity contribution in [2.75, 3.05) is 4.90 Å². The van der Waals surface area contributed by atoms with Gasteiger partial charge in [0.05, 0.1) is 10.6 Å². The average molecular weight is 413 g/mol. The number of urea groups is 1. The molecule has 1 saturated heterocycles. The Balaban J connectivity index is 1.74. The monoisotopic (exact) mass is 413 g/mol. The van der Waals surface area contributed by atoms with Gasteiger partial charge < -0.3 is 0 Å². The number of benzene rings is 2. The van der Waals surface area contributed by atoms with Crippen LogP contribution in [-0.4, -0.2) is 34.9 Å².